The third-order valence-corrected chi connectivity index (χ3v) is 4.16. The van der Waals surface area contributed by atoms with Gasteiger partial charge in [-0.25, -0.2) is 0 Å². The van der Waals surface area contributed by atoms with Crippen LogP contribution >= 0.6 is 0 Å². The van der Waals surface area contributed by atoms with Crippen molar-refractivity contribution < 1.29 is 4.79 Å². The molecule has 108 valence electrons. The SMILES string of the molecule is Cc1cc(C(=O)N2CCCc3ccccc3C2)ccc1N. The second-order valence-corrected chi connectivity index (χ2v) is 5.67. The minimum atomic E-state index is 0.0924. The number of amides is 1. The maximum absolute atomic E-state index is 12.7. The van der Waals surface area contributed by atoms with E-state index in [1.807, 2.05) is 36.1 Å². The number of fused-ring (bicyclic) bond motifs is 1. The largest absolute Gasteiger partial charge is 0.399 e. The molecule has 1 amide bonds. The molecule has 3 nitrogen and oxygen atoms in total. The summed E-state index contributed by atoms with van der Waals surface area (Å²) in [5, 5.41) is 0. The van der Waals surface area contributed by atoms with Gasteiger partial charge in [0.2, 0.25) is 0 Å². The van der Waals surface area contributed by atoms with Crippen LogP contribution < -0.4 is 5.73 Å². The third kappa shape index (κ3) is 2.77. The molecule has 0 fully saturated rings. The molecule has 1 aliphatic heterocycles. The first-order valence-electron chi connectivity index (χ1n) is 7.37. The predicted molar refractivity (Wildman–Crippen MR) is 85.1 cm³/mol. The summed E-state index contributed by atoms with van der Waals surface area (Å²) in [4.78, 5) is 14.7. The zero-order valence-corrected chi connectivity index (χ0v) is 12.3. The first-order valence-corrected chi connectivity index (χ1v) is 7.37. The van der Waals surface area contributed by atoms with Crippen molar-refractivity contribution in [3.05, 3.63) is 64.7 Å². The highest BCUT2D eigenvalue weighted by molar-refractivity contribution is 5.95. The highest BCUT2D eigenvalue weighted by Gasteiger charge is 2.20. The molecule has 21 heavy (non-hydrogen) atoms. The van der Waals surface area contributed by atoms with Gasteiger partial charge in [-0.05, 0) is 54.7 Å². The van der Waals surface area contributed by atoms with Crippen molar-refractivity contribution in [1.82, 2.24) is 4.90 Å². The lowest BCUT2D eigenvalue weighted by Gasteiger charge is -2.21. The molecule has 1 aliphatic rings. The smallest absolute Gasteiger partial charge is 0.254 e. The average molecular weight is 280 g/mol. The van der Waals surface area contributed by atoms with Gasteiger partial charge in [-0.3, -0.25) is 4.79 Å². The van der Waals surface area contributed by atoms with E-state index in [0.29, 0.717) is 6.54 Å². The Morgan fingerprint density at radius 3 is 2.67 bits per heavy atom. The number of anilines is 1. The van der Waals surface area contributed by atoms with Gasteiger partial charge in [0.05, 0.1) is 0 Å². The highest BCUT2D eigenvalue weighted by atomic mass is 16.2. The molecule has 0 aromatic heterocycles. The van der Waals surface area contributed by atoms with Crippen molar-refractivity contribution in [1.29, 1.82) is 0 Å². The monoisotopic (exact) mass is 280 g/mol. The number of carbonyl (C=O) groups excluding carboxylic acids is 1. The fourth-order valence-corrected chi connectivity index (χ4v) is 2.87. The highest BCUT2D eigenvalue weighted by Crippen LogP contribution is 2.21. The summed E-state index contributed by atoms with van der Waals surface area (Å²) in [5.74, 6) is 0.0924. The second-order valence-electron chi connectivity index (χ2n) is 5.67. The summed E-state index contributed by atoms with van der Waals surface area (Å²) < 4.78 is 0. The fourth-order valence-electron chi connectivity index (χ4n) is 2.87. The van der Waals surface area contributed by atoms with Crippen LogP contribution in [-0.4, -0.2) is 17.4 Å². The van der Waals surface area contributed by atoms with E-state index in [2.05, 4.69) is 18.2 Å². The summed E-state index contributed by atoms with van der Waals surface area (Å²) in [5.41, 5.74) is 10.9. The van der Waals surface area contributed by atoms with Gasteiger partial charge in [-0.2, -0.15) is 0 Å². The third-order valence-electron chi connectivity index (χ3n) is 4.16. The van der Waals surface area contributed by atoms with Crippen LogP contribution in [0.15, 0.2) is 42.5 Å². The molecule has 3 heteroatoms. The summed E-state index contributed by atoms with van der Waals surface area (Å²) in [6.45, 7) is 3.43. The Bertz CT molecular complexity index is 679. The Hall–Kier alpha value is -2.29. The molecule has 3 rings (SSSR count). The average Bonchev–Trinajstić information content (AvgIpc) is 2.71. The molecule has 0 aliphatic carbocycles. The van der Waals surface area contributed by atoms with Crippen molar-refractivity contribution in [3.63, 3.8) is 0 Å². The van der Waals surface area contributed by atoms with Crippen LogP contribution in [-0.2, 0) is 13.0 Å². The van der Waals surface area contributed by atoms with Crippen molar-refractivity contribution in [2.24, 2.45) is 0 Å². The van der Waals surface area contributed by atoms with Gasteiger partial charge in [-0.1, -0.05) is 24.3 Å². The molecule has 0 bridgehead atoms. The van der Waals surface area contributed by atoms with Crippen molar-refractivity contribution in [3.8, 4) is 0 Å². The Morgan fingerprint density at radius 1 is 1.14 bits per heavy atom. The number of hydrogen-bond donors (Lipinski definition) is 1. The molecule has 2 N–H and O–H groups in total. The normalized spacial score (nSPS) is 14.4. The topological polar surface area (TPSA) is 46.3 Å². The zero-order chi connectivity index (χ0) is 14.8. The van der Waals surface area contributed by atoms with Crippen LogP contribution in [0.3, 0.4) is 0 Å². The van der Waals surface area contributed by atoms with Gasteiger partial charge in [0.15, 0.2) is 0 Å². The maximum Gasteiger partial charge on any atom is 0.254 e. The van der Waals surface area contributed by atoms with Crippen LogP contribution in [0.1, 0.15) is 33.5 Å². The minimum Gasteiger partial charge on any atom is -0.399 e. The first-order chi connectivity index (χ1) is 10.1. The Balaban J connectivity index is 1.86. The lowest BCUT2D eigenvalue weighted by atomic mass is 10.0. The quantitative estimate of drug-likeness (QED) is 0.816. The summed E-state index contributed by atoms with van der Waals surface area (Å²) in [6.07, 6.45) is 2.05. The van der Waals surface area contributed by atoms with Crippen LogP contribution in [0, 0.1) is 6.92 Å². The van der Waals surface area contributed by atoms with E-state index in [0.717, 1.165) is 36.2 Å². The van der Waals surface area contributed by atoms with Crippen LogP contribution in [0.25, 0.3) is 0 Å². The molecular weight excluding hydrogens is 260 g/mol. The molecule has 0 radical (unpaired) electrons. The van der Waals surface area contributed by atoms with E-state index in [1.165, 1.54) is 11.1 Å². The molecule has 1 heterocycles. The number of benzene rings is 2. The van der Waals surface area contributed by atoms with Crippen LogP contribution in [0.5, 0.6) is 0 Å². The first kappa shape index (κ1) is 13.7. The van der Waals surface area contributed by atoms with Crippen molar-refractivity contribution in [2.45, 2.75) is 26.3 Å². The van der Waals surface area contributed by atoms with Gasteiger partial charge < -0.3 is 10.6 Å². The van der Waals surface area contributed by atoms with Crippen molar-refractivity contribution in [2.75, 3.05) is 12.3 Å². The van der Waals surface area contributed by atoms with Gasteiger partial charge in [-0.15, -0.1) is 0 Å². The number of aryl methyl sites for hydroxylation is 2. The van der Waals surface area contributed by atoms with Gasteiger partial charge in [0.25, 0.3) is 5.91 Å². The number of hydrogen-bond acceptors (Lipinski definition) is 2. The van der Waals surface area contributed by atoms with Crippen molar-refractivity contribution >= 4 is 11.6 Å². The fraction of sp³-hybridized carbons (Fsp3) is 0.278. The van der Waals surface area contributed by atoms with Crippen LogP contribution in [0.4, 0.5) is 5.69 Å². The molecule has 0 saturated heterocycles. The van der Waals surface area contributed by atoms with Gasteiger partial charge in [0.1, 0.15) is 0 Å². The van der Waals surface area contributed by atoms with E-state index in [9.17, 15) is 4.79 Å². The predicted octanol–water partition coefficient (Wildman–Crippen LogP) is 3.17. The molecular formula is C18H20N2O. The van der Waals surface area contributed by atoms with E-state index in [1.54, 1.807) is 0 Å². The number of rotatable bonds is 1. The van der Waals surface area contributed by atoms with E-state index < -0.39 is 0 Å². The summed E-state index contributed by atoms with van der Waals surface area (Å²) in [7, 11) is 0. The number of nitrogens with zero attached hydrogens (tertiary/aromatic N) is 1. The van der Waals surface area contributed by atoms with E-state index >= 15 is 0 Å². The second kappa shape index (κ2) is 5.60. The zero-order valence-electron chi connectivity index (χ0n) is 12.3. The Morgan fingerprint density at radius 2 is 1.90 bits per heavy atom. The van der Waals surface area contributed by atoms with E-state index in [-0.39, 0.29) is 5.91 Å². The lowest BCUT2D eigenvalue weighted by Crippen LogP contribution is -2.30. The standard InChI is InChI=1S/C18H20N2O/c1-13-11-15(8-9-17(13)19)18(21)20-10-4-7-14-5-2-3-6-16(14)12-20/h2-3,5-6,8-9,11H,4,7,10,12,19H2,1H3. The summed E-state index contributed by atoms with van der Waals surface area (Å²) >= 11 is 0. The molecule has 0 saturated carbocycles. The molecule has 0 spiro atoms. The maximum atomic E-state index is 12.7. The van der Waals surface area contributed by atoms with E-state index in [4.69, 9.17) is 5.73 Å². The minimum absolute atomic E-state index is 0.0924. The number of nitrogens with two attached hydrogens (primary N) is 1. The van der Waals surface area contributed by atoms with Crippen LogP contribution in [0.2, 0.25) is 0 Å². The molecule has 2 aromatic rings. The summed E-state index contributed by atoms with van der Waals surface area (Å²) in [6, 6.07) is 13.9. The Labute approximate surface area is 125 Å². The Kier molecular flexibility index (Phi) is 3.65. The lowest BCUT2D eigenvalue weighted by molar-refractivity contribution is 0.0746. The van der Waals surface area contributed by atoms with Gasteiger partial charge in [0, 0.05) is 24.3 Å². The van der Waals surface area contributed by atoms with Gasteiger partial charge >= 0.3 is 0 Å². The number of nitrogen functional groups attached to an aromatic ring is 1. The molecule has 0 atom stereocenters. The molecule has 0 unspecified atom stereocenters. The molecule has 2 aromatic carbocycles. The number of carbonyl (C=O) groups is 1.